The number of halogens is 1. The van der Waals surface area contributed by atoms with Crippen LogP contribution < -0.4 is 5.43 Å². The molecule has 0 bridgehead atoms. The summed E-state index contributed by atoms with van der Waals surface area (Å²) in [5, 5.41) is 26.6. The number of hydrogen-bond donors (Lipinski definition) is 2. The molecule has 24 heavy (non-hydrogen) atoms. The molecule has 0 aliphatic rings. The summed E-state index contributed by atoms with van der Waals surface area (Å²) in [5.74, 6) is -0.535. The number of benzene rings is 2. The van der Waals surface area contributed by atoms with Crippen molar-refractivity contribution in [2.75, 3.05) is 0 Å². The summed E-state index contributed by atoms with van der Waals surface area (Å²) in [6, 6.07) is 11.8. The van der Waals surface area contributed by atoms with E-state index in [1.54, 1.807) is 18.2 Å². The molecule has 0 fully saturated rings. The largest absolute Gasteiger partial charge is 0.411 e. The third-order valence-corrected chi connectivity index (χ3v) is 3.13. The Bertz CT molecular complexity index is 836. The SMILES string of the molecule is O=C(NN=C(C=NO)c1cccc([N+](=O)[O-])c1)c1cccc(Cl)c1. The van der Waals surface area contributed by atoms with Crippen LogP contribution in [0.2, 0.25) is 5.02 Å². The molecule has 0 saturated heterocycles. The molecule has 9 heteroatoms. The van der Waals surface area contributed by atoms with Gasteiger partial charge < -0.3 is 5.21 Å². The van der Waals surface area contributed by atoms with Crippen molar-refractivity contribution < 1.29 is 14.9 Å². The maximum Gasteiger partial charge on any atom is 0.271 e. The van der Waals surface area contributed by atoms with E-state index in [1.165, 1.54) is 30.3 Å². The van der Waals surface area contributed by atoms with Crippen LogP contribution >= 0.6 is 11.6 Å². The molecule has 0 saturated carbocycles. The van der Waals surface area contributed by atoms with Crippen LogP contribution in [0.4, 0.5) is 5.69 Å². The first-order chi connectivity index (χ1) is 11.5. The normalized spacial score (nSPS) is 11.5. The van der Waals surface area contributed by atoms with E-state index >= 15 is 0 Å². The number of oxime groups is 1. The Morgan fingerprint density at radius 2 is 1.92 bits per heavy atom. The number of amides is 1. The minimum absolute atomic E-state index is 0.0385. The van der Waals surface area contributed by atoms with Gasteiger partial charge in [0.15, 0.2) is 0 Å². The highest BCUT2D eigenvalue weighted by molar-refractivity contribution is 6.38. The Hall–Kier alpha value is -3.26. The van der Waals surface area contributed by atoms with Gasteiger partial charge in [-0.3, -0.25) is 14.9 Å². The molecule has 0 aliphatic heterocycles. The number of hydrogen-bond acceptors (Lipinski definition) is 6. The highest BCUT2D eigenvalue weighted by atomic mass is 35.5. The summed E-state index contributed by atoms with van der Waals surface area (Å²) in [4.78, 5) is 22.3. The van der Waals surface area contributed by atoms with Gasteiger partial charge in [-0.1, -0.05) is 35.0 Å². The van der Waals surface area contributed by atoms with Crippen molar-refractivity contribution in [2.45, 2.75) is 0 Å². The molecule has 2 aromatic rings. The fourth-order valence-corrected chi connectivity index (χ4v) is 2.00. The maximum absolute atomic E-state index is 12.0. The monoisotopic (exact) mass is 346 g/mol. The topological polar surface area (TPSA) is 117 Å². The Labute approximate surface area is 141 Å². The van der Waals surface area contributed by atoms with Crippen LogP contribution in [0.15, 0.2) is 58.8 Å². The van der Waals surface area contributed by atoms with Crippen molar-refractivity contribution in [1.82, 2.24) is 5.43 Å². The van der Waals surface area contributed by atoms with Crippen molar-refractivity contribution in [3.05, 3.63) is 74.8 Å². The van der Waals surface area contributed by atoms with E-state index in [9.17, 15) is 14.9 Å². The lowest BCUT2D eigenvalue weighted by atomic mass is 10.1. The van der Waals surface area contributed by atoms with E-state index in [-0.39, 0.29) is 17.0 Å². The number of hydrazone groups is 1. The first-order valence-electron chi connectivity index (χ1n) is 6.57. The Kier molecular flexibility index (Phi) is 5.58. The lowest BCUT2D eigenvalue weighted by Gasteiger charge is -2.03. The number of carbonyl (C=O) groups excluding carboxylic acids is 1. The lowest BCUT2D eigenvalue weighted by molar-refractivity contribution is -0.384. The Morgan fingerprint density at radius 1 is 1.21 bits per heavy atom. The van der Waals surface area contributed by atoms with Gasteiger partial charge >= 0.3 is 0 Å². The lowest BCUT2D eigenvalue weighted by Crippen LogP contribution is -2.20. The number of nitrogens with zero attached hydrogens (tertiary/aromatic N) is 3. The van der Waals surface area contributed by atoms with Gasteiger partial charge in [-0.2, -0.15) is 5.10 Å². The molecule has 2 N–H and O–H groups in total. The van der Waals surface area contributed by atoms with Crippen LogP contribution in [0.25, 0.3) is 0 Å². The molecule has 0 spiro atoms. The quantitative estimate of drug-likeness (QED) is 0.374. The van der Waals surface area contributed by atoms with E-state index in [2.05, 4.69) is 15.7 Å². The van der Waals surface area contributed by atoms with Crippen LogP contribution in [-0.2, 0) is 0 Å². The van der Waals surface area contributed by atoms with E-state index in [0.717, 1.165) is 6.21 Å². The van der Waals surface area contributed by atoms with Crippen molar-refractivity contribution in [3.63, 3.8) is 0 Å². The maximum atomic E-state index is 12.0. The third kappa shape index (κ3) is 4.37. The number of nitro benzene ring substituents is 1. The van der Waals surface area contributed by atoms with Crippen molar-refractivity contribution in [1.29, 1.82) is 0 Å². The van der Waals surface area contributed by atoms with Gasteiger partial charge in [0, 0.05) is 28.3 Å². The standard InChI is InChI=1S/C15H11ClN4O4/c16-12-5-1-4-11(7-12)15(21)19-18-14(9-17-22)10-3-2-6-13(8-10)20(23)24/h1-9,22H,(H,19,21). The van der Waals surface area contributed by atoms with Crippen LogP contribution in [0.3, 0.4) is 0 Å². The van der Waals surface area contributed by atoms with E-state index in [4.69, 9.17) is 16.8 Å². The summed E-state index contributed by atoms with van der Waals surface area (Å²) < 4.78 is 0. The molecule has 122 valence electrons. The van der Waals surface area contributed by atoms with Gasteiger partial charge in [0.1, 0.15) is 5.71 Å². The molecular formula is C15H11ClN4O4. The molecule has 2 aromatic carbocycles. The fraction of sp³-hybridized carbons (Fsp3) is 0. The number of rotatable bonds is 5. The molecule has 2 rings (SSSR count). The van der Waals surface area contributed by atoms with Crippen LogP contribution in [0.5, 0.6) is 0 Å². The fourth-order valence-electron chi connectivity index (χ4n) is 1.81. The van der Waals surface area contributed by atoms with Gasteiger partial charge in [-0.25, -0.2) is 5.43 Å². The smallest absolute Gasteiger partial charge is 0.271 e. The molecule has 0 atom stereocenters. The van der Waals surface area contributed by atoms with Crippen LogP contribution in [0.1, 0.15) is 15.9 Å². The second-order valence-corrected chi connectivity index (χ2v) is 4.94. The van der Waals surface area contributed by atoms with Crippen LogP contribution in [0, 0.1) is 10.1 Å². The van der Waals surface area contributed by atoms with Crippen molar-refractivity contribution in [3.8, 4) is 0 Å². The average molecular weight is 347 g/mol. The first kappa shape index (κ1) is 17.1. The minimum atomic E-state index is -0.568. The van der Waals surface area contributed by atoms with E-state index in [1.807, 2.05) is 0 Å². The molecule has 0 aromatic heterocycles. The van der Waals surface area contributed by atoms with E-state index in [0.29, 0.717) is 10.6 Å². The molecule has 0 radical (unpaired) electrons. The summed E-state index contributed by atoms with van der Waals surface area (Å²) >= 11 is 5.81. The summed E-state index contributed by atoms with van der Waals surface area (Å²) in [7, 11) is 0. The minimum Gasteiger partial charge on any atom is -0.411 e. The average Bonchev–Trinajstić information content (AvgIpc) is 2.58. The van der Waals surface area contributed by atoms with Crippen LogP contribution in [-0.4, -0.2) is 28.0 Å². The Balaban J connectivity index is 2.27. The Morgan fingerprint density at radius 3 is 2.58 bits per heavy atom. The highest BCUT2D eigenvalue weighted by Gasteiger charge is 2.10. The number of nitrogens with one attached hydrogen (secondary N) is 1. The molecule has 8 nitrogen and oxygen atoms in total. The predicted molar refractivity (Wildman–Crippen MR) is 88.8 cm³/mol. The summed E-state index contributed by atoms with van der Waals surface area (Å²) in [6.45, 7) is 0. The summed E-state index contributed by atoms with van der Waals surface area (Å²) in [5.41, 5.74) is 2.74. The van der Waals surface area contributed by atoms with Crippen molar-refractivity contribution >= 4 is 35.1 Å². The number of carbonyl (C=O) groups is 1. The van der Waals surface area contributed by atoms with Crippen molar-refractivity contribution in [2.24, 2.45) is 10.3 Å². The second-order valence-electron chi connectivity index (χ2n) is 4.50. The van der Waals surface area contributed by atoms with Gasteiger partial charge in [-0.15, -0.1) is 0 Å². The molecule has 1 amide bonds. The predicted octanol–water partition coefficient (Wildman–Crippen LogP) is 2.84. The molecular weight excluding hydrogens is 336 g/mol. The number of non-ortho nitro benzene ring substituents is 1. The zero-order chi connectivity index (χ0) is 17.5. The first-order valence-corrected chi connectivity index (χ1v) is 6.95. The molecule has 0 aliphatic carbocycles. The van der Waals surface area contributed by atoms with Gasteiger partial charge in [0.25, 0.3) is 11.6 Å². The number of nitro groups is 1. The summed E-state index contributed by atoms with van der Waals surface area (Å²) in [6.07, 6.45) is 0.956. The zero-order valence-electron chi connectivity index (χ0n) is 12.1. The highest BCUT2D eigenvalue weighted by Crippen LogP contribution is 2.14. The molecule has 0 unspecified atom stereocenters. The van der Waals surface area contributed by atoms with Gasteiger partial charge in [-0.05, 0) is 18.2 Å². The van der Waals surface area contributed by atoms with Gasteiger partial charge in [0.2, 0.25) is 0 Å². The second kappa shape index (κ2) is 7.84. The van der Waals surface area contributed by atoms with Gasteiger partial charge in [0.05, 0.1) is 11.1 Å². The third-order valence-electron chi connectivity index (χ3n) is 2.90. The van der Waals surface area contributed by atoms with E-state index < -0.39 is 10.8 Å². The molecule has 0 heterocycles. The zero-order valence-corrected chi connectivity index (χ0v) is 12.8.